The maximum atomic E-state index is 11.7. The highest BCUT2D eigenvalue weighted by Crippen LogP contribution is 2.26. The van der Waals surface area contributed by atoms with Crippen LogP contribution >= 0.6 is 0 Å². The number of hydrogen-bond donors (Lipinski definition) is 2. The molecule has 21 heavy (non-hydrogen) atoms. The molecule has 0 aliphatic carbocycles. The third-order valence-corrected chi connectivity index (χ3v) is 3.70. The van der Waals surface area contributed by atoms with Gasteiger partial charge in [-0.15, -0.1) is 10.2 Å². The van der Waals surface area contributed by atoms with E-state index in [9.17, 15) is 14.7 Å². The molecule has 1 amide bonds. The van der Waals surface area contributed by atoms with Crippen LogP contribution in [-0.2, 0) is 4.79 Å². The van der Waals surface area contributed by atoms with Crippen LogP contribution in [0.2, 0.25) is 0 Å². The van der Waals surface area contributed by atoms with Crippen LogP contribution in [0.1, 0.15) is 37.2 Å². The second-order valence-corrected chi connectivity index (χ2v) is 5.15. The molecule has 7 heteroatoms. The Morgan fingerprint density at radius 1 is 1.24 bits per heavy atom. The monoisotopic (exact) mass is 294 g/mol. The van der Waals surface area contributed by atoms with E-state index in [4.69, 9.17) is 0 Å². The Bertz CT molecular complexity index is 495. The highest BCUT2D eigenvalue weighted by Gasteiger charge is 2.34. The van der Waals surface area contributed by atoms with Gasteiger partial charge in [0.25, 0.3) is 5.91 Å². The number of carbonyl (C=O) groups is 2. The lowest BCUT2D eigenvalue weighted by Gasteiger charge is -2.26. The summed E-state index contributed by atoms with van der Waals surface area (Å²) in [6.45, 7) is 3.97. The molecule has 0 spiro atoms. The van der Waals surface area contributed by atoms with Crippen molar-refractivity contribution in [2.45, 2.75) is 26.7 Å². The van der Waals surface area contributed by atoms with Gasteiger partial charge in [-0.2, -0.15) is 0 Å². The lowest BCUT2D eigenvalue weighted by Crippen LogP contribution is -2.37. The van der Waals surface area contributed by atoms with E-state index in [2.05, 4.69) is 15.5 Å². The summed E-state index contributed by atoms with van der Waals surface area (Å²) in [7, 11) is 3.28. The first kappa shape index (κ1) is 16.9. The van der Waals surface area contributed by atoms with Crippen molar-refractivity contribution in [3.63, 3.8) is 0 Å². The number of rotatable bonds is 7. The summed E-state index contributed by atoms with van der Waals surface area (Å²) in [6, 6.07) is 3.19. The van der Waals surface area contributed by atoms with E-state index < -0.39 is 11.4 Å². The average Bonchev–Trinajstić information content (AvgIpc) is 2.48. The molecule has 0 aromatic carbocycles. The molecule has 0 saturated carbocycles. The van der Waals surface area contributed by atoms with Gasteiger partial charge in [-0.3, -0.25) is 9.59 Å². The van der Waals surface area contributed by atoms with Crippen LogP contribution in [-0.4, -0.2) is 52.7 Å². The number of anilines is 1. The molecule has 7 nitrogen and oxygen atoms in total. The van der Waals surface area contributed by atoms with Crippen molar-refractivity contribution in [2.75, 3.05) is 26.0 Å². The number of aromatic nitrogens is 2. The topological polar surface area (TPSA) is 95.4 Å². The van der Waals surface area contributed by atoms with Crippen LogP contribution in [0, 0.1) is 5.41 Å². The molecule has 2 N–H and O–H groups in total. The standard InChI is InChI=1S/C14H22N4O3/c1-5-14(6-2,13(20)21)9-15-11-8-7-10(16-17-11)12(19)18(3)4/h7-8H,5-6,9H2,1-4H3,(H,15,17)(H,20,21). The Morgan fingerprint density at radius 2 is 1.86 bits per heavy atom. The molecule has 116 valence electrons. The minimum Gasteiger partial charge on any atom is -0.481 e. The summed E-state index contributed by atoms with van der Waals surface area (Å²) < 4.78 is 0. The summed E-state index contributed by atoms with van der Waals surface area (Å²) in [5.41, 5.74) is -0.569. The van der Waals surface area contributed by atoms with Crippen molar-refractivity contribution in [3.05, 3.63) is 17.8 Å². The Morgan fingerprint density at radius 3 is 2.24 bits per heavy atom. The molecule has 0 aliphatic heterocycles. The van der Waals surface area contributed by atoms with Crippen LogP contribution in [0.15, 0.2) is 12.1 Å². The fourth-order valence-electron chi connectivity index (χ4n) is 1.91. The highest BCUT2D eigenvalue weighted by atomic mass is 16.4. The maximum absolute atomic E-state index is 11.7. The van der Waals surface area contributed by atoms with E-state index >= 15 is 0 Å². The van der Waals surface area contributed by atoms with E-state index in [1.165, 1.54) is 4.90 Å². The van der Waals surface area contributed by atoms with Gasteiger partial charge in [0.1, 0.15) is 5.82 Å². The molecule has 1 rings (SSSR count). The number of nitrogens with one attached hydrogen (secondary N) is 1. The molecule has 0 atom stereocenters. The first-order valence-electron chi connectivity index (χ1n) is 6.89. The molecule has 0 radical (unpaired) electrons. The lowest BCUT2D eigenvalue weighted by molar-refractivity contribution is -0.148. The van der Waals surface area contributed by atoms with Crippen LogP contribution in [0.25, 0.3) is 0 Å². The zero-order chi connectivity index (χ0) is 16.0. The number of carboxylic acids is 1. The van der Waals surface area contributed by atoms with E-state index in [1.807, 2.05) is 13.8 Å². The van der Waals surface area contributed by atoms with Crippen LogP contribution in [0.3, 0.4) is 0 Å². The van der Waals surface area contributed by atoms with E-state index in [0.29, 0.717) is 18.7 Å². The van der Waals surface area contributed by atoms with Gasteiger partial charge in [0.05, 0.1) is 5.41 Å². The molecule has 0 saturated heterocycles. The Hall–Kier alpha value is -2.18. The van der Waals surface area contributed by atoms with Gasteiger partial charge in [-0.1, -0.05) is 13.8 Å². The molecular formula is C14H22N4O3. The van der Waals surface area contributed by atoms with E-state index in [1.54, 1.807) is 26.2 Å². The van der Waals surface area contributed by atoms with Crippen molar-refractivity contribution in [3.8, 4) is 0 Å². The van der Waals surface area contributed by atoms with Crippen molar-refractivity contribution in [1.82, 2.24) is 15.1 Å². The molecule has 1 heterocycles. The zero-order valence-corrected chi connectivity index (χ0v) is 12.9. The largest absolute Gasteiger partial charge is 0.481 e. The van der Waals surface area contributed by atoms with Gasteiger partial charge >= 0.3 is 5.97 Å². The quantitative estimate of drug-likeness (QED) is 0.791. The number of aliphatic carboxylic acids is 1. The fourth-order valence-corrected chi connectivity index (χ4v) is 1.91. The summed E-state index contributed by atoms with van der Waals surface area (Å²) in [6.07, 6.45) is 1.05. The zero-order valence-electron chi connectivity index (χ0n) is 12.9. The average molecular weight is 294 g/mol. The molecule has 1 aromatic heterocycles. The minimum absolute atomic E-state index is 0.226. The molecule has 0 bridgehead atoms. The lowest BCUT2D eigenvalue weighted by atomic mass is 9.82. The second-order valence-electron chi connectivity index (χ2n) is 5.15. The van der Waals surface area contributed by atoms with E-state index in [0.717, 1.165) is 0 Å². The van der Waals surface area contributed by atoms with Gasteiger partial charge in [0, 0.05) is 20.6 Å². The third-order valence-electron chi connectivity index (χ3n) is 3.70. The summed E-state index contributed by atoms with van der Waals surface area (Å²) in [4.78, 5) is 24.5. The molecule has 0 aliphatic rings. The maximum Gasteiger partial charge on any atom is 0.311 e. The summed E-state index contributed by atoms with van der Waals surface area (Å²) in [5.74, 6) is -0.596. The van der Waals surface area contributed by atoms with Crippen molar-refractivity contribution >= 4 is 17.7 Å². The van der Waals surface area contributed by atoms with Gasteiger partial charge in [0.2, 0.25) is 0 Å². The minimum atomic E-state index is -0.827. The number of amides is 1. The molecule has 0 fully saturated rings. The van der Waals surface area contributed by atoms with E-state index in [-0.39, 0.29) is 18.1 Å². The number of carbonyl (C=O) groups excluding carboxylic acids is 1. The number of hydrogen-bond acceptors (Lipinski definition) is 5. The van der Waals surface area contributed by atoms with Crippen LogP contribution in [0.5, 0.6) is 0 Å². The number of nitrogens with zero attached hydrogens (tertiary/aromatic N) is 3. The molecular weight excluding hydrogens is 272 g/mol. The van der Waals surface area contributed by atoms with Crippen molar-refractivity contribution in [1.29, 1.82) is 0 Å². The Balaban J connectivity index is 2.76. The molecule has 1 aromatic rings. The first-order valence-corrected chi connectivity index (χ1v) is 6.89. The summed E-state index contributed by atoms with van der Waals surface area (Å²) >= 11 is 0. The normalized spacial score (nSPS) is 11.0. The predicted molar refractivity (Wildman–Crippen MR) is 79.2 cm³/mol. The first-order chi connectivity index (χ1) is 9.86. The van der Waals surface area contributed by atoms with Crippen molar-refractivity contribution < 1.29 is 14.7 Å². The third kappa shape index (κ3) is 3.90. The van der Waals surface area contributed by atoms with Gasteiger partial charge < -0.3 is 15.3 Å². The van der Waals surface area contributed by atoms with Gasteiger partial charge in [-0.25, -0.2) is 0 Å². The molecule has 0 unspecified atom stereocenters. The van der Waals surface area contributed by atoms with Gasteiger partial charge in [0.15, 0.2) is 5.69 Å². The second kappa shape index (κ2) is 7.01. The van der Waals surface area contributed by atoms with Gasteiger partial charge in [-0.05, 0) is 25.0 Å². The predicted octanol–water partition coefficient (Wildman–Crippen LogP) is 1.48. The smallest absolute Gasteiger partial charge is 0.311 e. The van der Waals surface area contributed by atoms with Crippen LogP contribution in [0.4, 0.5) is 5.82 Å². The van der Waals surface area contributed by atoms with Crippen molar-refractivity contribution in [2.24, 2.45) is 5.41 Å². The highest BCUT2D eigenvalue weighted by molar-refractivity contribution is 5.91. The Kier molecular flexibility index (Phi) is 5.63. The summed E-state index contributed by atoms with van der Waals surface area (Å²) in [5, 5.41) is 20.1. The SMILES string of the molecule is CCC(CC)(CNc1ccc(C(=O)N(C)C)nn1)C(=O)O. The Labute approximate surface area is 124 Å². The van der Waals surface area contributed by atoms with Crippen LogP contribution < -0.4 is 5.32 Å². The number of carboxylic acid groups (broad SMARTS) is 1. The fraction of sp³-hybridized carbons (Fsp3) is 0.571.